The Morgan fingerprint density at radius 3 is 2.70 bits per heavy atom. The zero-order chi connectivity index (χ0) is 19.0. The number of nitrogens with one attached hydrogen (secondary N) is 2. The zero-order valence-electron chi connectivity index (χ0n) is 15.1. The summed E-state index contributed by atoms with van der Waals surface area (Å²) < 4.78 is 27.1. The topological polar surface area (TPSA) is 69.7 Å². The summed E-state index contributed by atoms with van der Waals surface area (Å²) in [5.74, 6) is 1.38. The molecule has 27 heavy (non-hydrogen) atoms. The van der Waals surface area contributed by atoms with Crippen molar-refractivity contribution in [1.82, 2.24) is 20.2 Å². The van der Waals surface area contributed by atoms with Gasteiger partial charge in [0.05, 0.1) is 6.04 Å². The van der Waals surface area contributed by atoms with Crippen LogP contribution in [0.15, 0.2) is 36.7 Å². The van der Waals surface area contributed by atoms with E-state index in [9.17, 15) is 8.78 Å². The van der Waals surface area contributed by atoms with Crippen LogP contribution in [0.1, 0.15) is 43.0 Å². The maximum Gasteiger partial charge on any atom is 0.155 e. The molecule has 2 N–H and O–H groups in total. The van der Waals surface area contributed by atoms with Crippen LogP contribution < -0.4 is 10.2 Å². The summed E-state index contributed by atoms with van der Waals surface area (Å²) in [4.78, 5) is 10.3. The fourth-order valence-corrected chi connectivity index (χ4v) is 2.98. The first-order valence-corrected chi connectivity index (χ1v) is 8.84. The van der Waals surface area contributed by atoms with E-state index < -0.39 is 11.6 Å². The molecular weight excluding hydrogens is 350 g/mol. The number of anilines is 3. The Hall–Kier alpha value is -3.03. The van der Waals surface area contributed by atoms with Crippen molar-refractivity contribution in [3.8, 4) is 0 Å². The van der Waals surface area contributed by atoms with E-state index in [1.54, 1.807) is 13.0 Å². The van der Waals surface area contributed by atoms with Gasteiger partial charge in [-0.3, -0.25) is 5.10 Å². The van der Waals surface area contributed by atoms with Gasteiger partial charge >= 0.3 is 0 Å². The third-order valence-corrected chi connectivity index (χ3v) is 4.73. The second kappa shape index (κ2) is 6.94. The van der Waals surface area contributed by atoms with Gasteiger partial charge < -0.3 is 10.2 Å². The van der Waals surface area contributed by atoms with Gasteiger partial charge in [-0.25, -0.2) is 18.7 Å². The van der Waals surface area contributed by atoms with Crippen LogP contribution in [0.5, 0.6) is 0 Å². The number of hydrogen-bond acceptors (Lipinski definition) is 5. The molecule has 1 aromatic carbocycles. The molecule has 0 spiro atoms. The first kappa shape index (κ1) is 17.4. The number of nitrogens with zero attached hydrogens (tertiary/aromatic N) is 4. The van der Waals surface area contributed by atoms with Crippen LogP contribution in [-0.2, 0) is 0 Å². The summed E-state index contributed by atoms with van der Waals surface area (Å²) in [5, 5.41) is 10.6. The Bertz CT molecular complexity index is 953. The summed E-state index contributed by atoms with van der Waals surface area (Å²) >= 11 is 0. The van der Waals surface area contributed by atoms with Gasteiger partial charge in [-0.2, -0.15) is 5.10 Å². The molecule has 1 atom stereocenters. The number of aromatic nitrogens is 4. The number of aromatic amines is 1. The van der Waals surface area contributed by atoms with Crippen molar-refractivity contribution in [2.75, 3.05) is 17.3 Å². The van der Waals surface area contributed by atoms with Crippen LogP contribution in [-0.4, -0.2) is 27.2 Å². The summed E-state index contributed by atoms with van der Waals surface area (Å²) in [7, 11) is 1.88. The second-order valence-electron chi connectivity index (χ2n) is 6.81. The highest BCUT2D eigenvalue weighted by atomic mass is 19.1. The van der Waals surface area contributed by atoms with Crippen molar-refractivity contribution in [3.63, 3.8) is 0 Å². The van der Waals surface area contributed by atoms with Crippen molar-refractivity contribution >= 4 is 17.5 Å². The number of rotatable bonds is 6. The minimum absolute atomic E-state index is 0.367. The molecule has 0 amide bonds. The van der Waals surface area contributed by atoms with Gasteiger partial charge in [0.1, 0.15) is 29.6 Å². The molecule has 1 fully saturated rings. The summed E-state index contributed by atoms with van der Waals surface area (Å²) in [5.41, 5.74) is 1.51. The molecule has 4 rings (SSSR count). The highest BCUT2D eigenvalue weighted by Crippen LogP contribution is 2.40. The molecule has 1 unspecified atom stereocenters. The predicted octanol–water partition coefficient (Wildman–Crippen LogP) is 4.30. The average molecular weight is 370 g/mol. The van der Waals surface area contributed by atoms with E-state index >= 15 is 0 Å². The SMILES string of the molecule is CC(Nc1cc(N(C)c2cc(C3CC3)[nH]n2)ncn1)c1ccc(F)cc1F. The molecule has 140 valence electrons. The molecule has 2 aromatic heterocycles. The van der Waals surface area contributed by atoms with E-state index in [2.05, 4.69) is 25.5 Å². The molecule has 1 saturated carbocycles. The average Bonchev–Trinajstić information content (AvgIpc) is 3.38. The third kappa shape index (κ3) is 3.74. The van der Waals surface area contributed by atoms with Gasteiger partial charge in [0.2, 0.25) is 0 Å². The normalized spacial score (nSPS) is 14.8. The molecule has 0 aliphatic heterocycles. The van der Waals surface area contributed by atoms with E-state index in [0.29, 0.717) is 23.1 Å². The predicted molar refractivity (Wildman–Crippen MR) is 99.1 cm³/mol. The van der Waals surface area contributed by atoms with Crippen LogP contribution >= 0.6 is 0 Å². The van der Waals surface area contributed by atoms with Gasteiger partial charge in [-0.15, -0.1) is 0 Å². The quantitative estimate of drug-likeness (QED) is 0.677. The lowest BCUT2D eigenvalue weighted by molar-refractivity contribution is 0.566. The lowest BCUT2D eigenvalue weighted by Gasteiger charge is -2.18. The molecule has 8 heteroatoms. The van der Waals surface area contributed by atoms with Gasteiger partial charge in [-0.1, -0.05) is 6.07 Å². The van der Waals surface area contributed by atoms with Gasteiger partial charge in [0.25, 0.3) is 0 Å². The van der Waals surface area contributed by atoms with Crippen LogP contribution in [0, 0.1) is 11.6 Å². The van der Waals surface area contributed by atoms with Crippen molar-refractivity contribution in [1.29, 1.82) is 0 Å². The molecule has 6 nitrogen and oxygen atoms in total. The minimum Gasteiger partial charge on any atom is -0.363 e. The zero-order valence-corrected chi connectivity index (χ0v) is 15.1. The summed E-state index contributed by atoms with van der Waals surface area (Å²) in [6.07, 6.45) is 3.84. The smallest absolute Gasteiger partial charge is 0.155 e. The summed E-state index contributed by atoms with van der Waals surface area (Å²) in [6.45, 7) is 1.79. The fourth-order valence-electron chi connectivity index (χ4n) is 2.98. The molecule has 3 aromatic rings. The Labute approximate surface area is 155 Å². The molecule has 2 heterocycles. The molecular formula is C19H20F2N6. The van der Waals surface area contributed by atoms with Crippen LogP contribution in [0.25, 0.3) is 0 Å². The first-order chi connectivity index (χ1) is 13.0. The van der Waals surface area contributed by atoms with Crippen LogP contribution in [0.3, 0.4) is 0 Å². The van der Waals surface area contributed by atoms with E-state index in [0.717, 1.165) is 17.6 Å². The van der Waals surface area contributed by atoms with Gasteiger partial charge in [-0.05, 0) is 25.8 Å². The highest BCUT2D eigenvalue weighted by Gasteiger charge is 2.26. The van der Waals surface area contributed by atoms with Crippen LogP contribution in [0.2, 0.25) is 0 Å². The number of halogens is 2. The van der Waals surface area contributed by atoms with E-state index in [1.165, 1.54) is 31.3 Å². The first-order valence-electron chi connectivity index (χ1n) is 8.84. The number of H-pyrrole nitrogens is 1. The maximum absolute atomic E-state index is 14.0. The molecule has 0 bridgehead atoms. The Morgan fingerprint density at radius 2 is 1.96 bits per heavy atom. The summed E-state index contributed by atoms with van der Waals surface area (Å²) in [6, 6.07) is 6.96. The van der Waals surface area contributed by atoms with E-state index in [1.807, 2.05) is 18.0 Å². The Morgan fingerprint density at radius 1 is 1.15 bits per heavy atom. The van der Waals surface area contributed by atoms with Crippen molar-refractivity contribution in [2.24, 2.45) is 0 Å². The second-order valence-corrected chi connectivity index (χ2v) is 6.81. The molecule has 0 saturated heterocycles. The van der Waals surface area contributed by atoms with E-state index in [4.69, 9.17) is 0 Å². The standard InChI is InChI=1S/C19H20F2N6/c1-11(14-6-5-13(20)7-15(14)21)24-17-9-18(23-10-22-17)27(2)19-8-16(25-26-19)12-3-4-12/h5-12H,3-4H2,1-2H3,(H,25,26)(H,22,23,24). The molecule has 1 aliphatic rings. The number of benzene rings is 1. The Kier molecular flexibility index (Phi) is 4.47. The monoisotopic (exact) mass is 370 g/mol. The Balaban J connectivity index is 1.51. The minimum atomic E-state index is -0.598. The van der Waals surface area contributed by atoms with Gasteiger partial charge in [0, 0.05) is 42.4 Å². The van der Waals surface area contributed by atoms with Crippen molar-refractivity contribution in [2.45, 2.75) is 31.7 Å². The largest absolute Gasteiger partial charge is 0.363 e. The van der Waals surface area contributed by atoms with E-state index in [-0.39, 0.29) is 6.04 Å². The van der Waals surface area contributed by atoms with Gasteiger partial charge in [0.15, 0.2) is 5.82 Å². The van der Waals surface area contributed by atoms with Crippen LogP contribution in [0.4, 0.5) is 26.2 Å². The lowest BCUT2D eigenvalue weighted by Crippen LogP contribution is -2.14. The molecule has 0 radical (unpaired) electrons. The van der Waals surface area contributed by atoms with Crippen molar-refractivity contribution in [3.05, 3.63) is 59.6 Å². The van der Waals surface area contributed by atoms with Crippen molar-refractivity contribution < 1.29 is 8.78 Å². The lowest BCUT2D eigenvalue weighted by atomic mass is 10.1. The number of hydrogen-bond donors (Lipinski definition) is 2. The fraction of sp³-hybridized carbons (Fsp3) is 0.316. The highest BCUT2D eigenvalue weighted by molar-refractivity contribution is 5.59. The molecule has 1 aliphatic carbocycles. The third-order valence-electron chi connectivity index (χ3n) is 4.73. The maximum atomic E-state index is 14.0.